The maximum absolute atomic E-state index is 10.6. The van der Waals surface area contributed by atoms with Crippen LogP contribution in [0.4, 0.5) is 5.82 Å². The van der Waals surface area contributed by atoms with E-state index in [2.05, 4.69) is 4.98 Å². The largest absolute Gasteiger partial charge is 0.420 e. The van der Waals surface area contributed by atoms with E-state index in [4.69, 9.17) is 4.74 Å². The lowest BCUT2D eigenvalue weighted by molar-refractivity contribution is -0.389. The predicted molar refractivity (Wildman–Crippen MR) is 66.9 cm³/mol. The molecule has 2 aromatic rings. The fourth-order valence-electron chi connectivity index (χ4n) is 1.68. The fourth-order valence-corrected chi connectivity index (χ4v) is 1.68. The third kappa shape index (κ3) is 2.82. The van der Waals surface area contributed by atoms with Crippen LogP contribution in [0.2, 0.25) is 0 Å². The van der Waals surface area contributed by atoms with Crippen LogP contribution in [-0.2, 0) is 0 Å². The monoisotopic (exact) mass is 244 g/mol. The van der Waals surface area contributed by atoms with Gasteiger partial charge in [0, 0.05) is 17.1 Å². The molecule has 0 fully saturated rings. The lowest BCUT2D eigenvalue weighted by Gasteiger charge is -2.04. The topological polar surface area (TPSA) is 65.3 Å². The molecule has 0 aliphatic carbocycles. The van der Waals surface area contributed by atoms with Gasteiger partial charge in [-0.15, -0.1) is 0 Å². The van der Waals surface area contributed by atoms with Crippen LogP contribution in [0.3, 0.4) is 0 Å². The van der Waals surface area contributed by atoms with Crippen molar-refractivity contribution in [2.45, 2.75) is 13.8 Å². The first-order chi connectivity index (χ1) is 8.54. The average Bonchev–Trinajstić information content (AvgIpc) is 2.27. The fraction of sp³-hybridized carbons (Fsp3) is 0.154. The summed E-state index contributed by atoms with van der Waals surface area (Å²) in [6.07, 6.45) is 0. The van der Waals surface area contributed by atoms with Gasteiger partial charge in [-0.05, 0) is 48.1 Å². The quantitative estimate of drug-likeness (QED) is 0.613. The molecule has 5 heteroatoms. The van der Waals surface area contributed by atoms with Gasteiger partial charge in [-0.1, -0.05) is 6.07 Å². The maximum Gasteiger partial charge on any atom is 0.367 e. The van der Waals surface area contributed by atoms with Crippen LogP contribution in [0.15, 0.2) is 36.4 Å². The second-order valence-electron chi connectivity index (χ2n) is 4.02. The number of ether oxygens (including phenoxy) is 1. The van der Waals surface area contributed by atoms with Crippen molar-refractivity contribution in [3.05, 3.63) is 57.6 Å². The number of nitro groups is 1. The number of aromatic nitrogens is 1. The summed E-state index contributed by atoms with van der Waals surface area (Å²) in [6.45, 7) is 3.92. The van der Waals surface area contributed by atoms with E-state index in [0.29, 0.717) is 5.75 Å². The van der Waals surface area contributed by atoms with Gasteiger partial charge in [0.1, 0.15) is 5.75 Å². The van der Waals surface area contributed by atoms with Crippen molar-refractivity contribution >= 4 is 5.82 Å². The molecule has 18 heavy (non-hydrogen) atoms. The molecule has 0 unspecified atom stereocenters. The smallest absolute Gasteiger partial charge is 0.367 e. The Morgan fingerprint density at radius 3 is 2.44 bits per heavy atom. The summed E-state index contributed by atoms with van der Waals surface area (Å²) in [5.74, 6) is 0.617. The first-order valence-corrected chi connectivity index (χ1v) is 5.42. The minimum absolute atomic E-state index is 0.217. The summed E-state index contributed by atoms with van der Waals surface area (Å²) in [6, 6.07) is 10.2. The molecule has 0 N–H and O–H groups in total. The molecule has 0 radical (unpaired) electrons. The number of aryl methyl sites for hydroxylation is 2. The first-order valence-electron chi connectivity index (χ1n) is 5.42. The summed E-state index contributed by atoms with van der Waals surface area (Å²) in [7, 11) is 0. The van der Waals surface area contributed by atoms with Crippen LogP contribution >= 0.6 is 0 Å². The Hall–Kier alpha value is -2.43. The Morgan fingerprint density at radius 2 is 1.83 bits per heavy atom. The number of hydrogen-bond donors (Lipinski definition) is 0. The van der Waals surface area contributed by atoms with Crippen LogP contribution in [0.1, 0.15) is 11.1 Å². The second-order valence-corrected chi connectivity index (χ2v) is 4.02. The maximum atomic E-state index is 10.6. The van der Waals surface area contributed by atoms with Gasteiger partial charge >= 0.3 is 11.7 Å². The third-order valence-electron chi connectivity index (χ3n) is 2.31. The zero-order valence-electron chi connectivity index (χ0n) is 10.1. The Kier molecular flexibility index (Phi) is 3.23. The van der Waals surface area contributed by atoms with Crippen molar-refractivity contribution in [3.8, 4) is 11.6 Å². The lowest BCUT2D eigenvalue weighted by atomic mass is 10.1. The molecule has 1 heterocycles. The van der Waals surface area contributed by atoms with Gasteiger partial charge < -0.3 is 14.9 Å². The van der Waals surface area contributed by atoms with Gasteiger partial charge in [-0.3, -0.25) is 0 Å². The van der Waals surface area contributed by atoms with Crippen molar-refractivity contribution in [2.75, 3.05) is 0 Å². The molecular formula is C13H12N2O3. The minimum atomic E-state index is -0.547. The second kappa shape index (κ2) is 4.83. The molecule has 5 nitrogen and oxygen atoms in total. The third-order valence-corrected chi connectivity index (χ3v) is 2.31. The number of pyridine rings is 1. The van der Waals surface area contributed by atoms with E-state index in [1.165, 1.54) is 6.07 Å². The molecule has 0 saturated heterocycles. The highest BCUT2D eigenvalue weighted by Gasteiger charge is 2.11. The Morgan fingerprint density at radius 1 is 1.17 bits per heavy atom. The highest BCUT2D eigenvalue weighted by atomic mass is 16.6. The van der Waals surface area contributed by atoms with Crippen molar-refractivity contribution in [1.82, 2.24) is 4.98 Å². The summed E-state index contributed by atoms with van der Waals surface area (Å²) >= 11 is 0. The van der Waals surface area contributed by atoms with Crippen molar-refractivity contribution in [3.63, 3.8) is 0 Å². The molecule has 0 aliphatic heterocycles. The van der Waals surface area contributed by atoms with Crippen molar-refractivity contribution < 1.29 is 9.66 Å². The average molecular weight is 244 g/mol. The summed E-state index contributed by atoms with van der Waals surface area (Å²) in [5.41, 5.74) is 2.13. The van der Waals surface area contributed by atoms with Crippen LogP contribution in [-0.4, -0.2) is 9.91 Å². The van der Waals surface area contributed by atoms with Crippen LogP contribution in [0.5, 0.6) is 11.6 Å². The van der Waals surface area contributed by atoms with Crippen LogP contribution < -0.4 is 4.74 Å². The Bertz CT molecular complexity index is 576. The SMILES string of the molecule is Cc1cc(C)cc(Oc2cccc([N+](=O)[O-])n2)c1. The van der Waals surface area contributed by atoms with E-state index in [1.54, 1.807) is 12.1 Å². The summed E-state index contributed by atoms with van der Waals surface area (Å²) in [5, 5.41) is 10.6. The van der Waals surface area contributed by atoms with Gasteiger partial charge in [-0.2, -0.15) is 0 Å². The highest BCUT2D eigenvalue weighted by Crippen LogP contribution is 2.23. The van der Waals surface area contributed by atoms with E-state index < -0.39 is 4.92 Å². The predicted octanol–water partition coefficient (Wildman–Crippen LogP) is 3.40. The zero-order valence-corrected chi connectivity index (χ0v) is 10.1. The zero-order chi connectivity index (χ0) is 13.1. The van der Waals surface area contributed by atoms with Gasteiger partial charge in [0.2, 0.25) is 0 Å². The van der Waals surface area contributed by atoms with E-state index in [9.17, 15) is 10.1 Å². The summed E-state index contributed by atoms with van der Waals surface area (Å²) in [4.78, 5) is 13.9. The highest BCUT2D eigenvalue weighted by molar-refractivity contribution is 5.36. The summed E-state index contributed by atoms with van der Waals surface area (Å²) < 4.78 is 5.52. The number of hydrogen-bond acceptors (Lipinski definition) is 4. The minimum Gasteiger partial charge on any atom is -0.420 e. The van der Waals surface area contributed by atoms with Gasteiger partial charge in [0.05, 0.1) is 0 Å². The molecular weight excluding hydrogens is 232 g/mol. The van der Waals surface area contributed by atoms with E-state index in [0.717, 1.165) is 11.1 Å². The number of rotatable bonds is 3. The van der Waals surface area contributed by atoms with Gasteiger partial charge in [-0.25, -0.2) is 0 Å². The molecule has 92 valence electrons. The normalized spacial score (nSPS) is 10.1. The van der Waals surface area contributed by atoms with Crippen molar-refractivity contribution in [2.24, 2.45) is 0 Å². The molecule has 0 saturated carbocycles. The first kappa shape index (κ1) is 12.0. The van der Waals surface area contributed by atoms with Crippen molar-refractivity contribution in [1.29, 1.82) is 0 Å². The molecule has 2 rings (SSSR count). The molecule has 0 bridgehead atoms. The number of nitrogens with zero attached hydrogens (tertiary/aromatic N) is 2. The standard InChI is InChI=1S/C13H12N2O3/c1-9-6-10(2)8-11(7-9)18-13-5-3-4-12(14-13)15(16)17/h3-8H,1-2H3. The number of benzene rings is 1. The van der Waals surface area contributed by atoms with Crippen LogP contribution in [0.25, 0.3) is 0 Å². The molecule has 0 amide bonds. The Labute approximate surface area is 104 Å². The lowest BCUT2D eigenvalue weighted by Crippen LogP contribution is -1.94. The van der Waals surface area contributed by atoms with E-state index >= 15 is 0 Å². The van der Waals surface area contributed by atoms with E-state index in [-0.39, 0.29) is 11.7 Å². The van der Waals surface area contributed by atoms with E-state index in [1.807, 2.05) is 32.0 Å². The van der Waals surface area contributed by atoms with Gasteiger partial charge in [0.25, 0.3) is 0 Å². The molecule has 1 aromatic heterocycles. The van der Waals surface area contributed by atoms with Gasteiger partial charge in [0.15, 0.2) is 0 Å². The Balaban J connectivity index is 2.28. The molecule has 0 spiro atoms. The molecule has 0 aliphatic rings. The molecule has 1 aromatic carbocycles. The van der Waals surface area contributed by atoms with Crippen LogP contribution in [0, 0.1) is 24.0 Å². The molecule has 0 atom stereocenters.